The van der Waals surface area contributed by atoms with Gasteiger partial charge in [0.15, 0.2) is 0 Å². The SMILES string of the molecule is COc1ccc(C(=O)N2CCC(C(=O)N3CCN(c4ccc(F)cc4)CC3)CC2)cc1. The van der Waals surface area contributed by atoms with E-state index in [2.05, 4.69) is 4.90 Å². The summed E-state index contributed by atoms with van der Waals surface area (Å²) >= 11 is 0. The molecule has 0 spiro atoms. The summed E-state index contributed by atoms with van der Waals surface area (Å²) in [7, 11) is 1.60. The number of piperazine rings is 1. The molecule has 0 unspecified atom stereocenters. The number of hydrogen-bond acceptors (Lipinski definition) is 4. The number of carbonyl (C=O) groups excluding carboxylic acids is 2. The Morgan fingerprint density at radius 3 is 2.03 bits per heavy atom. The maximum absolute atomic E-state index is 13.1. The lowest BCUT2D eigenvalue weighted by Gasteiger charge is -2.39. The molecular weight excluding hydrogens is 397 g/mol. The highest BCUT2D eigenvalue weighted by Gasteiger charge is 2.32. The van der Waals surface area contributed by atoms with E-state index in [0.29, 0.717) is 44.6 Å². The van der Waals surface area contributed by atoms with Crippen LogP contribution in [0.1, 0.15) is 23.2 Å². The number of rotatable bonds is 4. The molecule has 2 fully saturated rings. The molecule has 164 valence electrons. The molecule has 0 bridgehead atoms. The van der Waals surface area contributed by atoms with Gasteiger partial charge < -0.3 is 19.4 Å². The van der Waals surface area contributed by atoms with Crippen LogP contribution >= 0.6 is 0 Å². The monoisotopic (exact) mass is 425 g/mol. The summed E-state index contributed by atoms with van der Waals surface area (Å²) in [6, 6.07) is 13.6. The minimum Gasteiger partial charge on any atom is -0.497 e. The Hall–Kier alpha value is -3.09. The number of methoxy groups -OCH3 is 1. The smallest absolute Gasteiger partial charge is 0.253 e. The molecule has 2 aromatic rings. The second-order valence-corrected chi connectivity index (χ2v) is 8.08. The number of amides is 2. The van der Waals surface area contributed by atoms with Crippen LogP contribution in [0.25, 0.3) is 0 Å². The molecule has 0 atom stereocenters. The van der Waals surface area contributed by atoms with Crippen molar-refractivity contribution >= 4 is 17.5 Å². The molecule has 2 aliphatic heterocycles. The molecule has 7 heteroatoms. The van der Waals surface area contributed by atoms with Crippen molar-refractivity contribution in [2.45, 2.75) is 12.8 Å². The fraction of sp³-hybridized carbons (Fsp3) is 0.417. The molecule has 2 saturated heterocycles. The third-order valence-corrected chi connectivity index (χ3v) is 6.25. The second-order valence-electron chi connectivity index (χ2n) is 8.08. The number of halogens is 1. The fourth-order valence-electron chi connectivity index (χ4n) is 4.34. The first-order valence-electron chi connectivity index (χ1n) is 10.8. The summed E-state index contributed by atoms with van der Waals surface area (Å²) in [5.74, 6) is 0.642. The zero-order valence-electron chi connectivity index (χ0n) is 17.8. The summed E-state index contributed by atoms with van der Waals surface area (Å²) < 4.78 is 18.3. The van der Waals surface area contributed by atoms with Crippen LogP contribution in [0, 0.1) is 11.7 Å². The predicted octanol–water partition coefficient (Wildman–Crippen LogP) is 3.04. The first-order valence-corrected chi connectivity index (χ1v) is 10.8. The largest absolute Gasteiger partial charge is 0.497 e. The van der Waals surface area contributed by atoms with Crippen LogP contribution in [0.4, 0.5) is 10.1 Å². The van der Waals surface area contributed by atoms with Crippen LogP contribution < -0.4 is 9.64 Å². The van der Waals surface area contributed by atoms with Crippen molar-refractivity contribution in [3.05, 3.63) is 59.9 Å². The van der Waals surface area contributed by atoms with Crippen molar-refractivity contribution < 1.29 is 18.7 Å². The van der Waals surface area contributed by atoms with Gasteiger partial charge in [-0.3, -0.25) is 9.59 Å². The van der Waals surface area contributed by atoms with E-state index in [9.17, 15) is 14.0 Å². The van der Waals surface area contributed by atoms with Gasteiger partial charge in [0.1, 0.15) is 11.6 Å². The summed E-state index contributed by atoms with van der Waals surface area (Å²) in [5.41, 5.74) is 1.63. The average Bonchev–Trinajstić information content (AvgIpc) is 2.84. The third-order valence-electron chi connectivity index (χ3n) is 6.25. The molecule has 4 rings (SSSR count). The Labute approximate surface area is 182 Å². The number of hydrogen-bond donors (Lipinski definition) is 0. The zero-order chi connectivity index (χ0) is 21.8. The summed E-state index contributed by atoms with van der Waals surface area (Å²) in [6.45, 7) is 4.01. The number of nitrogens with zero attached hydrogens (tertiary/aromatic N) is 3. The van der Waals surface area contributed by atoms with Crippen LogP contribution in [0.2, 0.25) is 0 Å². The van der Waals surface area contributed by atoms with Gasteiger partial charge in [0, 0.05) is 56.4 Å². The van der Waals surface area contributed by atoms with Crippen molar-refractivity contribution in [2.75, 3.05) is 51.3 Å². The highest BCUT2D eigenvalue weighted by molar-refractivity contribution is 5.94. The van der Waals surface area contributed by atoms with Crippen molar-refractivity contribution in [3.8, 4) is 5.75 Å². The molecule has 0 aliphatic carbocycles. The molecule has 0 radical (unpaired) electrons. The molecule has 2 aromatic carbocycles. The lowest BCUT2D eigenvalue weighted by Crippen LogP contribution is -2.52. The normalized spacial score (nSPS) is 17.5. The van der Waals surface area contributed by atoms with E-state index in [1.807, 2.05) is 9.80 Å². The Morgan fingerprint density at radius 2 is 1.45 bits per heavy atom. The fourth-order valence-corrected chi connectivity index (χ4v) is 4.34. The predicted molar refractivity (Wildman–Crippen MR) is 117 cm³/mol. The van der Waals surface area contributed by atoms with E-state index in [1.54, 1.807) is 43.5 Å². The Kier molecular flexibility index (Phi) is 6.39. The summed E-state index contributed by atoms with van der Waals surface area (Å²) in [5, 5.41) is 0. The molecule has 2 amide bonds. The van der Waals surface area contributed by atoms with E-state index >= 15 is 0 Å². The van der Waals surface area contributed by atoms with E-state index < -0.39 is 0 Å². The molecule has 2 aliphatic rings. The van der Waals surface area contributed by atoms with Gasteiger partial charge in [-0.15, -0.1) is 0 Å². The van der Waals surface area contributed by atoms with E-state index in [0.717, 1.165) is 24.5 Å². The highest BCUT2D eigenvalue weighted by Crippen LogP contribution is 2.24. The van der Waals surface area contributed by atoms with Crippen molar-refractivity contribution in [2.24, 2.45) is 5.92 Å². The lowest BCUT2D eigenvalue weighted by atomic mass is 9.94. The van der Waals surface area contributed by atoms with Crippen LogP contribution in [0.15, 0.2) is 48.5 Å². The van der Waals surface area contributed by atoms with E-state index in [1.165, 1.54) is 12.1 Å². The minimum absolute atomic E-state index is 0.00136. The van der Waals surface area contributed by atoms with Crippen LogP contribution in [-0.2, 0) is 4.79 Å². The molecule has 6 nitrogen and oxygen atoms in total. The number of anilines is 1. The van der Waals surface area contributed by atoms with E-state index in [4.69, 9.17) is 4.74 Å². The van der Waals surface area contributed by atoms with Crippen molar-refractivity contribution in [1.82, 2.24) is 9.80 Å². The van der Waals surface area contributed by atoms with Gasteiger partial charge in [0.25, 0.3) is 5.91 Å². The van der Waals surface area contributed by atoms with Gasteiger partial charge >= 0.3 is 0 Å². The first-order chi connectivity index (χ1) is 15.0. The van der Waals surface area contributed by atoms with Crippen LogP contribution in [-0.4, -0.2) is 68.0 Å². The standard InChI is InChI=1S/C24H28FN3O3/c1-31-22-8-2-18(3-9-22)23(29)27-12-10-19(11-13-27)24(30)28-16-14-26(15-17-28)21-6-4-20(25)5-7-21/h2-9,19H,10-17H2,1H3. The number of carbonyl (C=O) groups is 2. The zero-order valence-corrected chi connectivity index (χ0v) is 17.8. The molecule has 0 N–H and O–H groups in total. The van der Waals surface area contributed by atoms with Gasteiger partial charge in [-0.05, 0) is 61.4 Å². The Balaban J connectivity index is 1.26. The maximum atomic E-state index is 13.1. The minimum atomic E-state index is -0.241. The van der Waals surface area contributed by atoms with Crippen molar-refractivity contribution in [3.63, 3.8) is 0 Å². The number of ether oxygens (including phenoxy) is 1. The number of likely N-dealkylation sites (tertiary alicyclic amines) is 1. The van der Waals surface area contributed by atoms with Crippen molar-refractivity contribution in [1.29, 1.82) is 0 Å². The van der Waals surface area contributed by atoms with Gasteiger partial charge in [-0.2, -0.15) is 0 Å². The van der Waals surface area contributed by atoms with Gasteiger partial charge in [-0.1, -0.05) is 0 Å². The number of benzene rings is 2. The molecule has 31 heavy (non-hydrogen) atoms. The molecular formula is C24H28FN3O3. The quantitative estimate of drug-likeness (QED) is 0.756. The molecule has 0 saturated carbocycles. The van der Waals surface area contributed by atoms with Crippen LogP contribution in [0.5, 0.6) is 5.75 Å². The maximum Gasteiger partial charge on any atom is 0.253 e. The first kappa shape index (κ1) is 21.2. The Morgan fingerprint density at radius 1 is 0.839 bits per heavy atom. The van der Waals surface area contributed by atoms with Crippen LogP contribution in [0.3, 0.4) is 0 Å². The average molecular weight is 426 g/mol. The van der Waals surface area contributed by atoms with Gasteiger partial charge in [0.05, 0.1) is 7.11 Å². The van der Waals surface area contributed by atoms with E-state index in [-0.39, 0.29) is 23.5 Å². The van der Waals surface area contributed by atoms with Gasteiger partial charge in [-0.25, -0.2) is 4.39 Å². The molecule has 0 aromatic heterocycles. The lowest BCUT2D eigenvalue weighted by molar-refractivity contribution is -0.137. The summed E-state index contributed by atoms with van der Waals surface area (Å²) in [4.78, 5) is 31.7. The van der Waals surface area contributed by atoms with Gasteiger partial charge in [0.2, 0.25) is 5.91 Å². The molecule has 2 heterocycles. The summed E-state index contributed by atoms with van der Waals surface area (Å²) in [6.07, 6.45) is 1.39. The third kappa shape index (κ3) is 4.81. The Bertz CT molecular complexity index is 901. The second kappa shape index (κ2) is 9.37. The number of piperidine rings is 1. The topological polar surface area (TPSA) is 53.1 Å². The highest BCUT2D eigenvalue weighted by atomic mass is 19.1.